The first-order valence-electron chi connectivity index (χ1n) is 6.86. The normalized spacial score (nSPS) is 17.6. The third-order valence-electron chi connectivity index (χ3n) is 4.00. The molecular formula is C14H28N2O2. The number of carbonyl (C=O) groups excluding carboxylic acids is 1. The van der Waals surface area contributed by atoms with Gasteiger partial charge in [0.1, 0.15) is 6.73 Å². The number of hydrogen-bond acceptors (Lipinski definition) is 3. The molecule has 0 aromatic carbocycles. The van der Waals surface area contributed by atoms with Gasteiger partial charge in [0, 0.05) is 12.6 Å². The van der Waals surface area contributed by atoms with Crippen LogP contribution >= 0.6 is 0 Å². The van der Waals surface area contributed by atoms with E-state index in [9.17, 15) is 4.79 Å². The summed E-state index contributed by atoms with van der Waals surface area (Å²) < 4.78 is 5.44. The van der Waals surface area contributed by atoms with Gasteiger partial charge in [-0.25, -0.2) is 0 Å². The molecule has 1 fully saturated rings. The highest BCUT2D eigenvalue weighted by Gasteiger charge is 2.49. The van der Waals surface area contributed by atoms with Crippen molar-refractivity contribution < 1.29 is 9.53 Å². The second-order valence-corrected chi connectivity index (χ2v) is 6.05. The Morgan fingerprint density at radius 1 is 1.22 bits per heavy atom. The Hall–Kier alpha value is -0.610. The molecule has 1 aliphatic carbocycles. The smallest absolute Gasteiger partial charge is 0.238 e. The molecule has 0 spiro atoms. The molecule has 106 valence electrons. The third kappa shape index (κ3) is 3.69. The number of likely N-dealkylation sites (N-methyl/N-ethyl adjacent to an activating group) is 2. The van der Waals surface area contributed by atoms with Crippen LogP contribution in [0.25, 0.3) is 0 Å². The van der Waals surface area contributed by atoms with E-state index in [1.54, 1.807) is 11.9 Å². The molecule has 0 aromatic heterocycles. The molecule has 0 aliphatic heterocycles. The molecule has 0 unspecified atom stereocenters. The zero-order valence-corrected chi connectivity index (χ0v) is 12.7. The first-order valence-corrected chi connectivity index (χ1v) is 6.86. The Labute approximate surface area is 111 Å². The molecule has 0 radical (unpaired) electrons. The highest BCUT2D eigenvalue weighted by molar-refractivity contribution is 5.78. The van der Waals surface area contributed by atoms with Crippen molar-refractivity contribution in [3.63, 3.8) is 0 Å². The monoisotopic (exact) mass is 256 g/mol. The number of ether oxygens (including phenoxy) is 1. The van der Waals surface area contributed by atoms with Crippen LogP contribution in [0.4, 0.5) is 0 Å². The molecule has 0 aromatic rings. The predicted octanol–water partition coefficient (Wildman–Crippen LogP) is 1.95. The Kier molecular flexibility index (Phi) is 5.17. The number of amides is 1. The molecule has 18 heavy (non-hydrogen) atoms. The fourth-order valence-corrected chi connectivity index (χ4v) is 2.34. The molecule has 4 nitrogen and oxygen atoms in total. The van der Waals surface area contributed by atoms with Crippen molar-refractivity contribution in [3.8, 4) is 0 Å². The summed E-state index contributed by atoms with van der Waals surface area (Å²) in [6.45, 7) is 9.28. The van der Waals surface area contributed by atoms with E-state index in [-0.39, 0.29) is 17.6 Å². The van der Waals surface area contributed by atoms with Crippen molar-refractivity contribution >= 4 is 5.91 Å². The summed E-state index contributed by atoms with van der Waals surface area (Å²) in [5.74, 6) is 0.734. The number of rotatable bonds is 7. The van der Waals surface area contributed by atoms with Crippen LogP contribution in [0.15, 0.2) is 0 Å². The van der Waals surface area contributed by atoms with E-state index in [1.165, 1.54) is 12.8 Å². The van der Waals surface area contributed by atoms with Crippen LogP contribution in [0.2, 0.25) is 0 Å². The van der Waals surface area contributed by atoms with Gasteiger partial charge in [-0.2, -0.15) is 0 Å². The average Bonchev–Trinajstić information content (AvgIpc) is 3.06. The Morgan fingerprint density at radius 3 is 2.17 bits per heavy atom. The van der Waals surface area contributed by atoms with Crippen molar-refractivity contribution in [1.29, 1.82) is 0 Å². The molecular weight excluding hydrogens is 228 g/mol. The van der Waals surface area contributed by atoms with Crippen molar-refractivity contribution in [2.75, 3.05) is 27.4 Å². The lowest BCUT2D eigenvalue weighted by molar-refractivity contribution is -0.138. The SMILES string of the molecule is CC(C)OCN(C)C(=O)CN(C)C1(C(C)C)CC1. The summed E-state index contributed by atoms with van der Waals surface area (Å²) >= 11 is 0. The van der Waals surface area contributed by atoms with E-state index in [4.69, 9.17) is 4.74 Å². The molecule has 1 aliphatic rings. The highest BCUT2D eigenvalue weighted by atomic mass is 16.5. The maximum Gasteiger partial charge on any atom is 0.238 e. The fraction of sp³-hybridized carbons (Fsp3) is 0.929. The first-order chi connectivity index (χ1) is 8.29. The van der Waals surface area contributed by atoms with Crippen molar-refractivity contribution in [2.45, 2.75) is 52.2 Å². The second kappa shape index (κ2) is 6.02. The van der Waals surface area contributed by atoms with Crippen LogP contribution < -0.4 is 0 Å². The standard InChI is InChI=1S/C14H28N2O2/c1-11(2)14(7-8-14)16(6)9-13(17)15(5)10-18-12(3)4/h11-12H,7-10H2,1-6H3. The van der Waals surface area contributed by atoms with Gasteiger partial charge in [0.25, 0.3) is 0 Å². The minimum atomic E-state index is 0.130. The van der Waals surface area contributed by atoms with Crippen molar-refractivity contribution in [1.82, 2.24) is 9.80 Å². The molecule has 0 saturated heterocycles. The van der Waals surface area contributed by atoms with Gasteiger partial charge in [-0.3, -0.25) is 9.69 Å². The predicted molar refractivity (Wildman–Crippen MR) is 73.3 cm³/mol. The second-order valence-electron chi connectivity index (χ2n) is 6.05. The summed E-state index contributed by atoms with van der Waals surface area (Å²) in [6, 6.07) is 0. The van der Waals surface area contributed by atoms with E-state index in [1.807, 2.05) is 13.8 Å². The summed E-state index contributed by atoms with van der Waals surface area (Å²) in [7, 11) is 3.86. The van der Waals surface area contributed by atoms with E-state index in [0.29, 0.717) is 19.2 Å². The minimum Gasteiger partial charge on any atom is -0.358 e. The highest BCUT2D eigenvalue weighted by Crippen LogP contribution is 2.46. The number of nitrogens with zero attached hydrogens (tertiary/aromatic N) is 2. The molecule has 1 rings (SSSR count). The average molecular weight is 256 g/mol. The molecule has 4 heteroatoms. The molecule has 1 saturated carbocycles. The van der Waals surface area contributed by atoms with Crippen LogP contribution in [0.1, 0.15) is 40.5 Å². The van der Waals surface area contributed by atoms with Gasteiger partial charge < -0.3 is 9.64 Å². The Balaban J connectivity index is 2.40. The summed E-state index contributed by atoms with van der Waals surface area (Å²) in [5.41, 5.74) is 0.259. The van der Waals surface area contributed by atoms with Gasteiger partial charge in [-0.15, -0.1) is 0 Å². The molecule has 0 atom stereocenters. The zero-order valence-electron chi connectivity index (χ0n) is 12.7. The number of hydrogen-bond donors (Lipinski definition) is 0. The van der Waals surface area contributed by atoms with Gasteiger partial charge >= 0.3 is 0 Å². The van der Waals surface area contributed by atoms with Gasteiger partial charge in [-0.1, -0.05) is 13.8 Å². The van der Waals surface area contributed by atoms with E-state index in [0.717, 1.165) is 0 Å². The molecule has 0 heterocycles. The van der Waals surface area contributed by atoms with E-state index < -0.39 is 0 Å². The lowest BCUT2D eigenvalue weighted by atomic mass is 10.0. The Bertz CT molecular complexity index is 286. The lowest BCUT2D eigenvalue weighted by Crippen LogP contribution is -2.45. The van der Waals surface area contributed by atoms with Crippen LogP contribution in [0.3, 0.4) is 0 Å². The largest absolute Gasteiger partial charge is 0.358 e. The topological polar surface area (TPSA) is 32.8 Å². The fourth-order valence-electron chi connectivity index (χ4n) is 2.34. The number of carbonyl (C=O) groups is 1. The maximum absolute atomic E-state index is 12.1. The first kappa shape index (κ1) is 15.4. The Morgan fingerprint density at radius 2 is 1.78 bits per heavy atom. The van der Waals surface area contributed by atoms with Gasteiger partial charge in [0.2, 0.25) is 5.91 Å². The van der Waals surface area contributed by atoms with E-state index >= 15 is 0 Å². The van der Waals surface area contributed by atoms with Crippen LogP contribution in [-0.2, 0) is 9.53 Å². The molecule has 0 N–H and O–H groups in total. The summed E-state index contributed by atoms with van der Waals surface area (Å²) in [5, 5.41) is 0. The quantitative estimate of drug-likeness (QED) is 0.653. The van der Waals surface area contributed by atoms with Gasteiger partial charge in [-0.05, 0) is 39.7 Å². The summed E-state index contributed by atoms with van der Waals surface area (Å²) in [4.78, 5) is 15.9. The minimum absolute atomic E-state index is 0.130. The van der Waals surface area contributed by atoms with Crippen molar-refractivity contribution in [2.24, 2.45) is 5.92 Å². The molecule has 0 bridgehead atoms. The van der Waals surface area contributed by atoms with Gasteiger partial charge in [0.05, 0.1) is 12.6 Å². The third-order valence-corrected chi connectivity index (χ3v) is 4.00. The zero-order chi connectivity index (χ0) is 13.9. The van der Waals surface area contributed by atoms with Crippen LogP contribution in [-0.4, -0.2) is 54.7 Å². The lowest BCUT2D eigenvalue weighted by Gasteiger charge is -2.32. The van der Waals surface area contributed by atoms with Crippen LogP contribution in [0, 0.1) is 5.92 Å². The van der Waals surface area contributed by atoms with Gasteiger partial charge in [0.15, 0.2) is 0 Å². The summed E-state index contributed by atoms with van der Waals surface area (Å²) in [6.07, 6.45) is 2.57. The van der Waals surface area contributed by atoms with E-state index in [2.05, 4.69) is 25.8 Å². The van der Waals surface area contributed by atoms with Crippen LogP contribution in [0.5, 0.6) is 0 Å². The maximum atomic E-state index is 12.1. The van der Waals surface area contributed by atoms with Crippen molar-refractivity contribution in [3.05, 3.63) is 0 Å². The molecule has 1 amide bonds.